The average molecular weight is 499 g/mol. The Morgan fingerprint density at radius 3 is 2.06 bits per heavy atom. The minimum atomic E-state index is -4.92. The van der Waals surface area contributed by atoms with Crippen LogP contribution in [0, 0.1) is 5.41 Å². The molecule has 0 bridgehead atoms. The summed E-state index contributed by atoms with van der Waals surface area (Å²) in [5, 5.41) is 3.54. The van der Waals surface area contributed by atoms with Gasteiger partial charge in [-0.3, -0.25) is 4.79 Å². The molecule has 9 heteroatoms. The first kappa shape index (κ1) is 25.7. The Balaban J connectivity index is 1.58. The number of carbonyl (C=O) groups excluding carboxylic acids is 1. The van der Waals surface area contributed by atoms with E-state index in [-0.39, 0.29) is 29.4 Å². The number of hydrogen-bond acceptors (Lipinski definition) is 3. The molecule has 1 heterocycles. The fraction of sp³-hybridized carbons (Fsp3) is 0.500. The van der Waals surface area contributed by atoms with Gasteiger partial charge in [-0.2, -0.15) is 26.3 Å². The summed E-state index contributed by atoms with van der Waals surface area (Å²) in [6.45, 7) is 2.10. The minimum Gasteiger partial charge on any atom is -0.372 e. The van der Waals surface area contributed by atoms with Gasteiger partial charge in [0.1, 0.15) is 5.78 Å². The largest absolute Gasteiger partial charge is 0.416 e. The van der Waals surface area contributed by atoms with E-state index >= 15 is 0 Å². The molecule has 4 rings (SSSR count). The van der Waals surface area contributed by atoms with E-state index in [9.17, 15) is 31.1 Å². The van der Waals surface area contributed by atoms with Crippen molar-refractivity contribution in [2.45, 2.75) is 63.0 Å². The lowest BCUT2D eigenvalue weighted by Crippen LogP contribution is -2.55. The van der Waals surface area contributed by atoms with Crippen molar-refractivity contribution in [2.75, 3.05) is 13.2 Å². The van der Waals surface area contributed by atoms with E-state index in [4.69, 9.17) is 4.74 Å². The smallest absolute Gasteiger partial charge is 0.372 e. The summed E-state index contributed by atoms with van der Waals surface area (Å²) in [6, 6.07) is 11.0. The van der Waals surface area contributed by atoms with Gasteiger partial charge in [-0.25, -0.2) is 0 Å². The molecule has 2 aliphatic rings. The second-order valence-electron chi connectivity index (χ2n) is 9.81. The molecule has 2 fully saturated rings. The van der Waals surface area contributed by atoms with Crippen molar-refractivity contribution in [2.24, 2.45) is 5.41 Å². The molecule has 1 aliphatic carbocycles. The zero-order chi connectivity index (χ0) is 25.5. The number of carbonyl (C=O) groups is 1. The number of hydrogen-bond donors (Lipinski definition) is 1. The Hall–Kier alpha value is -2.39. The highest BCUT2D eigenvalue weighted by Crippen LogP contribution is 2.47. The van der Waals surface area contributed by atoms with Gasteiger partial charge >= 0.3 is 12.4 Å². The van der Waals surface area contributed by atoms with Crippen LogP contribution in [0.25, 0.3) is 0 Å². The number of rotatable bonds is 5. The van der Waals surface area contributed by atoms with Gasteiger partial charge < -0.3 is 10.1 Å². The molecule has 190 valence electrons. The number of halogens is 6. The predicted octanol–water partition coefficient (Wildman–Crippen LogP) is 6.82. The highest BCUT2D eigenvalue weighted by Gasteiger charge is 2.47. The third-order valence-electron chi connectivity index (χ3n) is 7.38. The Labute approximate surface area is 199 Å². The van der Waals surface area contributed by atoms with E-state index in [0.29, 0.717) is 37.9 Å². The molecule has 3 atom stereocenters. The van der Waals surface area contributed by atoms with Gasteiger partial charge in [0.2, 0.25) is 0 Å². The molecule has 0 radical (unpaired) electrons. The monoisotopic (exact) mass is 499 g/mol. The Morgan fingerprint density at radius 1 is 0.943 bits per heavy atom. The number of ether oxygens (including phenoxy) is 1. The van der Waals surface area contributed by atoms with Gasteiger partial charge in [-0.1, -0.05) is 30.3 Å². The fourth-order valence-electron chi connectivity index (χ4n) is 5.16. The topological polar surface area (TPSA) is 38.3 Å². The summed E-state index contributed by atoms with van der Waals surface area (Å²) in [5.41, 5.74) is -2.77. The van der Waals surface area contributed by atoms with Gasteiger partial charge in [0.15, 0.2) is 0 Å². The van der Waals surface area contributed by atoms with E-state index in [0.717, 1.165) is 18.4 Å². The van der Waals surface area contributed by atoms with Crippen molar-refractivity contribution >= 4 is 5.78 Å². The van der Waals surface area contributed by atoms with Crippen molar-refractivity contribution in [3.8, 4) is 0 Å². The molecule has 0 aromatic heterocycles. The minimum absolute atomic E-state index is 0.0554. The Morgan fingerprint density at radius 2 is 1.57 bits per heavy atom. The first-order valence-corrected chi connectivity index (χ1v) is 11.6. The highest BCUT2D eigenvalue weighted by molar-refractivity contribution is 5.81. The van der Waals surface area contributed by atoms with Crippen LogP contribution in [0.5, 0.6) is 0 Å². The maximum absolute atomic E-state index is 13.3. The first-order valence-electron chi connectivity index (χ1n) is 11.6. The number of piperidine rings is 1. The second kappa shape index (κ2) is 9.24. The zero-order valence-electron chi connectivity index (χ0n) is 19.2. The van der Waals surface area contributed by atoms with Crippen LogP contribution in [0.2, 0.25) is 0 Å². The van der Waals surface area contributed by atoms with Gasteiger partial charge in [-0.05, 0) is 60.9 Å². The average Bonchev–Trinajstić information content (AvgIpc) is 3.18. The van der Waals surface area contributed by atoms with Gasteiger partial charge in [0.05, 0.1) is 29.4 Å². The molecule has 1 saturated heterocycles. The van der Waals surface area contributed by atoms with Crippen LogP contribution in [0.15, 0.2) is 48.5 Å². The molecule has 1 N–H and O–H groups in total. The summed E-state index contributed by atoms with van der Waals surface area (Å²) < 4.78 is 85.7. The number of alkyl halides is 6. The van der Waals surface area contributed by atoms with Gasteiger partial charge in [0, 0.05) is 19.4 Å². The van der Waals surface area contributed by atoms with Crippen LogP contribution < -0.4 is 5.32 Å². The molecule has 35 heavy (non-hydrogen) atoms. The summed E-state index contributed by atoms with van der Waals surface area (Å²) in [5.74, 6) is 0.244. The summed E-state index contributed by atoms with van der Waals surface area (Å²) >= 11 is 0. The van der Waals surface area contributed by atoms with Crippen molar-refractivity contribution in [1.82, 2.24) is 5.32 Å². The van der Waals surface area contributed by atoms with E-state index in [1.54, 1.807) is 0 Å². The van der Waals surface area contributed by atoms with E-state index in [1.807, 2.05) is 30.3 Å². The summed E-state index contributed by atoms with van der Waals surface area (Å²) in [4.78, 5) is 11.9. The maximum atomic E-state index is 13.3. The molecule has 1 saturated carbocycles. The molecule has 2 aromatic carbocycles. The molecular formula is C26H27F6NO2. The molecule has 2 aromatic rings. The third kappa shape index (κ3) is 5.56. The van der Waals surface area contributed by atoms with Crippen LogP contribution in [0.4, 0.5) is 26.3 Å². The van der Waals surface area contributed by atoms with Crippen molar-refractivity contribution in [1.29, 1.82) is 0 Å². The van der Waals surface area contributed by atoms with E-state index < -0.39 is 35.1 Å². The normalized spacial score (nSPS) is 26.3. The predicted molar refractivity (Wildman–Crippen MR) is 117 cm³/mol. The number of Topliss-reactive ketones (excluding diaryl/α,β-unsaturated/α-hetero) is 1. The molecular weight excluding hydrogens is 472 g/mol. The van der Waals surface area contributed by atoms with Crippen molar-refractivity contribution in [3.63, 3.8) is 0 Å². The lowest BCUT2D eigenvalue weighted by Gasteiger charge is -2.46. The van der Waals surface area contributed by atoms with Crippen LogP contribution in [-0.4, -0.2) is 18.9 Å². The lowest BCUT2D eigenvalue weighted by molar-refractivity contribution is -0.143. The van der Waals surface area contributed by atoms with Crippen LogP contribution in [-0.2, 0) is 27.4 Å². The van der Waals surface area contributed by atoms with E-state index in [2.05, 4.69) is 5.32 Å². The SMILES string of the molecule is C[C@@H](OC[C@@]1(c2ccccc2)CC[C@]2(CCC(=O)C2)CN1)c1cc(C(F)(F)F)cc(C(F)(F)F)c1. The summed E-state index contributed by atoms with van der Waals surface area (Å²) in [6.07, 6.45) is -7.54. The number of nitrogens with one attached hydrogen (secondary N) is 1. The first-order chi connectivity index (χ1) is 16.3. The Bertz CT molecular complexity index is 1020. The van der Waals surface area contributed by atoms with Gasteiger partial charge in [-0.15, -0.1) is 0 Å². The van der Waals surface area contributed by atoms with Crippen molar-refractivity contribution < 1.29 is 35.9 Å². The summed E-state index contributed by atoms with van der Waals surface area (Å²) in [7, 11) is 0. The molecule has 0 unspecified atom stereocenters. The molecule has 3 nitrogen and oxygen atoms in total. The Kier molecular flexibility index (Phi) is 6.79. The van der Waals surface area contributed by atoms with Gasteiger partial charge in [0.25, 0.3) is 0 Å². The third-order valence-corrected chi connectivity index (χ3v) is 7.38. The molecule has 1 spiro atoms. The second-order valence-corrected chi connectivity index (χ2v) is 9.81. The van der Waals surface area contributed by atoms with E-state index in [1.165, 1.54) is 6.92 Å². The maximum Gasteiger partial charge on any atom is 0.416 e. The molecule has 0 amide bonds. The standard InChI is InChI=1S/C26H27F6NO2/c1-17(18-11-20(25(27,28)29)13-21(12-18)26(30,31)32)35-16-24(19-5-3-2-4-6-19)10-9-23(15-33-24)8-7-22(34)14-23/h2-6,11-13,17,33H,7-10,14-16H2,1H3/t17-,23+,24-/m1/s1. The number of benzene rings is 2. The van der Waals surface area contributed by atoms with Crippen LogP contribution >= 0.6 is 0 Å². The van der Waals surface area contributed by atoms with Crippen LogP contribution in [0.3, 0.4) is 0 Å². The fourth-order valence-corrected chi connectivity index (χ4v) is 5.16. The lowest BCUT2D eigenvalue weighted by atomic mass is 9.71. The zero-order valence-corrected chi connectivity index (χ0v) is 19.2. The van der Waals surface area contributed by atoms with Crippen LogP contribution in [0.1, 0.15) is 67.4 Å². The molecule has 1 aliphatic heterocycles. The number of ketones is 1. The quantitative estimate of drug-likeness (QED) is 0.459. The highest BCUT2D eigenvalue weighted by atomic mass is 19.4. The van der Waals surface area contributed by atoms with Crippen molar-refractivity contribution in [3.05, 3.63) is 70.8 Å².